The van der Waals surface area contributed by atoms with Crippen LogP contribution in [0.1, 0.15) is 0 Å². The number of H-pyrrole nitrogens is 1. The van der Waals surface area contributed by atoms with E-state index in [9.17, 15) is 4.79 Å². The summed E-state index contributed by atoms with van der Waals surface area (Å²) in [4.78, 5) is 17.8. The van der Waals surface area contributed by atoms with Crippen LogP contribution in [-0.2, 0) is 0 Å². The average Bonchev–Trinajstić information content (AvgIpc) is 2.07. The summed E-state index contributed by atoms with van der Waals surface area (Å²) in [5.74, 6) is 0. The Hall–Kier alpha value is -1.16. The van der Waals surface area contributed by atoms with Gasteiger partial charge < -0.3 is 4.98 Å². The largest absolute Gasteiger partial charge is 0.321 e. The summed E-state index contributed by atoms with van der Waals surface area (Å²) in [5.41, 5.74) is 0.687. The molecular formula is C8H5BrN2O. The van der Waals surface area contributed by atoms with Crippen molar-refractivity contribution < 1.29 is 0 Å². The van der Waals surface area contributed by atoms with Crippen molar-refractivity contribution in [2.24, 2.45) is 0 Å². The quantitative estimate of drug-likeness (QED) is 0.741. The van der Waals surface area contributed by atoms with Gasteiger partial charge in [-0.3, -0.25) is 9.78 Å². The molecule has 0 saturated carbocycles. The lowest BCUT2D eigenvalue weighted by molar-refractivity contribution is 1.26. The summed E-state index contributed by atoms with van der Waals surface area (Å²) >= 11 is 3.14. The summed E-state index contributed by atoms with van der Waals surface area (Å²) < 4.78 is 0.531. The van der Waals surface area contributed by atoms with Crippen LogP contribution in [0, 0.1) is 0 Å². The Labute approximate surface area is 76.6 Å². The average molecular weight is 225 g/mol. The summed E-state index contributed by atoms with van der Waals surface area (Å²) in [6, 6.07) is 3.52. The third-order valence-corrected chi connectivity index (χ3v) is 2.19. The van der Waals surface area contributed by atoms with E-state index in [1.807, 2.05) is 0 Å². The zero-order valence-electron chi connectivity index (χ0n) is 6.04. The minimum absolute atomic E-state index is 0.117. The standard InChI is InChI=1S/C8H5BrN2O/c9-6-3-5-4-10-2-1-7(5)11-8(6)12/h1-4H,(H,11,12). The van der Waals surface area contributed by atoms with E-state index in [-0.39, 0.29) is 5.56 Å². The Kier molecular flexibility index (Phi) is 1.69. The molecule has 0 fully saturated rings. The molecule has 1 N–H and O–H groups in total. The number of pyridine rings is 2. The number of rotatable bonds is 0. The van der Waals surface area contributed by atoms with Crippen molar-refractivity contribution in [3.8, 4) is 0 Å². The first-order valence-electron chi connectivity index (χ1n) is 3.40. The van der Waals surface area contributed by atoms with E-state index in [2.05, 4.69) is 25.9 Å². The SMILES string of the molecule is O=c1[nH]c2ccncc2cc1Br. The molecule has 0 saturated heterocycles. The fraction of sp³-hybridized carbons (Fsp3) is 0. The molecule has 0 radical (unpaired) electrons. The molecule has 2 aromatic heterocycles. The molecule has 0 bridgehead atoms. The number of hydrogen-bond acceptors (Lipinski definition) is 2. The maximum Gasteiger partial charge on any atom is 0.262 e. The van der Waals surface area contributed by atoms with Crippen LogP contribution in [-0.4, -0.2) is 9.97 Å². The van der Waals surface area contributed by atoms with Gasteiger partial charge in [0.05, 0.1) is 9.99 Å². The molecule has 3 nitrogen and oxygen atoms in total. The molecule has 0 unspecified atom stereocenters. The molecule has 0 aliphatic heterocycles. The number of halogens is 1. The lowest BCUT2D eigenvalue weighted by Gasteiger charge is -1.95. The smallest absolute Gasteiger partial charge is 0.262 e. The number of nitrogens with zero attached hydrogens (tertiary/aromatic N) is 1. The highest BCUT2D eigenvalue weighted by Gasteiger charge is 1.97. The molecule has 0 spiro atoms. The minimum Gasteiger partial charge on any atom is -0.321 e. The first-order valence-corrected chi connectivity index (χ1v) is 4.19. The fourth-order valence-corrected chi connectivity index (χ4v) is 1.37. The Morgan fingerprint density at radius 2 is 2.33 bits per heavy atom. The molecule has 2 aromatic rings. The summed E-state index contributed by atoms with van der Waals surface area (Å²) in [5, 5.41) is 0.920. The van der Waals surface area contributed by atoms with Gasteiger partial charge in [0.1, 0.15) is 0 Å². The van der Waals surface area contributed by atoms with Gasteiger partial charge in [-0.05, 0) is 28.1 Å². The molecule has 60 valence electrons. The van der Waals surface area contributed by atoms with Crippen LogP contribution in [0.5, 0.6) is 0 Å². The van der Waals surface area contributed by atoms with Crippen LogP contribution >= 0.6 is 15.9 Å². The van der Waals surface area contributed by atoms with Gasteiger partial charge in [0, 0.05) is 17.8 Å². The number of fused-ring (bicyclic) bond motifs is 1. The number of nitrogens with one attached hydrogen (secondary N) is 1. The highest BCUT2D eigenvalue weighted by molar-refractivity contribution is 9.10. The molecule has 2 heterocycles. The van der Waals surface area contributed by atoms with Gasteiger partial charge in [-0.15, -0.1) is 0 Å². The van der Waals surface area contributed by atoms with Gasteiger partial charge in [-0.25, -0.2) is 0 Å². The normalized spacial score (nSPS) is 10.4. The van der Waals surface area contributed by atoms with E-state index in [4.69, 9.17) is 0 Å². The maximum absolute atomic E-state index is 11.1. The molecule has 12 heavy (non-hydrogen) atoms. The number of hydrogen-bond donors (Lipinski definition) is 1. The predicted molar refractivity (Wildman–Crippen MR) is 50.1 cm³/mol. The Bertz CT molecular complexity index is 478. The van der Waals surface area contributed by atoms with E-state index in [0.717, 1.165) is 10.9 Å². The first-order chi connectivity index (χ1) is 5.77. The highest BCUT2D eigenvalue weighted by atomic mass is 79.9. The maximum atomic E-state index is 11.1. The van der Waals surface area contributed by atoms with Gasteiger partial charge in [-0.1, -0.05) is 0 Å². The zero-order valence-corrected chi connectivity index (χ0v) is 7.63. The van der Waals surface area contributed by atoms with Gasteiger partial charge in [0.25, 0.3) is 5.56 Å². The van der Waals surface area contributed by atoms with Crippen molar-refractivity contribution in [3.05, 3.63) is 39.4 Å². The molecule has 0 atom stereocenters. The predicted octanol–water partition coefficient (Wildman–Crippen LogP) is 1.69. The summed E-state index contributed by atoms with van der Waals surface area (Å²) in [6.07, 6.45) is 3.35. The van der Waals surface area contributed by atoms with Crippen molar-refractivity contribution in [3.63, 3.8) is 0 Å². The number of aromatic nitrogens is 2. The van der Waals surface area contributed by atoms with E-state index < -0.39 is 0 Å². The van der Waals surface area contributed by atoms with Crippen molar-refractivity contribution in [2.75, 3.05) is 0 Å². The second-order valence-corrected chi connectivity index (χ2v) is 3.26. The second kappa shape index (κ2) is 2.71. The lowest BCUT2D eigenvalue weighted by Crippen LogP contribution is -2.05. The molecule has 0 amide bonds. The van der Waals surface area contributed by atoms with Gasteiger partial charge >= 0.3 is 0 Å². The fourth-order valence-electron chi connectivity index (χ4n) is 1.02. The molecule has 0 aliphatic rings. The number of aromatic amines is 1. The lowest BCUT2D eigenvalue weighted by atomic mass is 10.3. The topological polar surface area (TPSA) is 45.8 Å². The molecule has 2 rings (SSSR count). The second-order valence-electron chi connectivity index (χ2n) is 2.41. The molecule has 0 aliphatic carbocycles. The summed E-state index contributed by atoms with van der Waals surface area (Å²) in [6.45, 7) is 0. The van der Waals surface area contributed by atoms with E-state index in [1.165, 1.54) is 0 Å². The molecule has 0 aromatic carbocycles. The van der Waals surface area contributed by atoms with E-state index in [0.29, 0.717) is 4.47 Å². The monoisotopic (exact) mass is 224 g/mol. The zero-order chi connectivity index (χ0) is 8.55. The summed E-state index contributed by atoms with van der Waals surface area (Å²) in [7, 11) is 0. The van der Waals surface area contributed by atoms with Gasteiger partial charge in [0.2, 0.25) is 0 Å². The van der Waals surface area contributed by atoms with E-state index >= 15 is 0 Å². The van der Waals surface area contributed by atoms with Crippen molar-refractivity contribution in [1.82, 2.24) is 9.97 Å². The third kappa shape index (κ3) is 1.14. The first kappa shape index (κ1) is 7.49. The minimum atomic E-state index is -0.117. The van der Waals surface area contributed by atoms with Crippen molar-refractivity contribution >= 4 is 26.8 Å². The van der Waals surface area contributed by atoms with Crippen LogP contribution in [0.25, 0.3) is 10.9 Å². The van der Waals surface area contributed by atoms with E-state index in [1.54, 1.807) is 24.5 Å². The van der Waals surface area contributed by atoms with Crippen molar-refractivity contribution in [2.45, 2.75) is 0 Å². The van der Waals surface area contributed by atoms with Crippen LogP contribution in [0.15, 0.2) is 33.8 Å². The highest BCUT2D eigenvalue weighted by Crippen LogP contribution is 2.11. The Balaban J connectivity index is 2.93. The van der Waals surface area contributed by atoms with Crippen LogP contribution in [0.2, 0.25) is 0 Å². The van der Waals surface area contributed by atoms with Gasteiger partial charge in [-0.2, -0.15) is 0 Å². The van der Waals surface area contributed by atoms with Crippen LogP contribution in [0.3, 0.4) is 0 Å². The van der Waals surface area contributed by atoms with Crippen LogP contribution < -0.4 is 5.56 Å². The molecular weight excluding hydrogens is 220 g/mol. The molecule has 4 heteroatoms. The third-order valence-electron chi connectivity index (χ3n) is 1.60. The van der Waals surface area contributed by atoms with Gasteiger partial charge in [0.15, 0.2) is 0 Å². The van der Waals surface area contributed by atoms with Crippen LogP contribution in [0.4, 0.5) is 0 Å². The Morgan fingerprint density at radius 1 is 1.50 bits per heavy atom. The Morgan fingerprint density at radius 3 is 3.17 bits per heavy atom. The van der Waals surface area contributed by atoms with Crippen molar-refractivity contribution in [1.29, 1.82) is 0 Å².